The Morgan fingerprint density at radius 2 is 2.09 bits per heavy atom. The van der Waals surface area contributed by atoms with Crippen LogP contribution >= 0.6 is 24.8 Å². The Kier molecular flexibility index (Phi) is 7.62. The van der Waals surface area contributed by atoms with Crippen molar-refractivity contribution in [2.45, 2.75) is 50.8 Å². The maximum absolute atomic E-state index is 6.15. The minimum absolute atomic E-state index is 0. The number of H-pyrrole nitrogens is 1. The van der Waals surface area contributed by atoms with Crippen molar-refractivity contribution in [2.24, 2.45) is 0 Å². The first kappa shape index (κ1) is 19.7. The second-order valence-electron chi connectivity index (χ2n) is 6.36. The van der Waals surface area contributed by atoms with Gasteiger partial charge in [0, 0.05) is 24.5 Å². The lowest BCUT2D eigenvalue weighted by atomic mass is 9.82. The molecule has 1 aromatic rings. The molecule has 0 bridgehead atoms. The number of ether oxygens (including phenoxy) is 1. The second kappa shape index (κ2) is 8.50. The molecule has 7 heteroatoms. The maximum Gasteiger partial charge on any atom is 0.120 e. The predicted octanol–water partition coefficient (Wildman–Crippen LogP) is 2.29. The molecular formula is C15H28Cl2N4O. The SMILES string of the molecule is Cc1cnc(CN(C)C2CCOC3(CCNCC3)C2)[nH]1.Cl.Cl. The topological polar surface area (TPSA) is 53.2 Å². The number of imidazole rings is 1. The summed E-state index contributed by atoms with van der Waals surface area (Å²) in [6, 6.07) is 0.604. The van der Waals surface area contributed by atoms with Crippen LogP contribution in [0.5, 0.6) is 0 Å². The van der Waals surface area contributed by atoms with Gasteiger partial charge in [-0.05, 0) is 52.7 Å². The van der Waals surface area contributed by atoms with Crippen molar-refractivity contribution in [3.05, 3.63) is 17.7 Å². The van der Waals surface area contributed by atoms with E-state index in [2.05, 4.69) is 34.2 Å². The van der Waals surface area contributed by atoms with E-state index in [1.54, 1.807) is 0 Å². The van der Waals surface area contributed by atoms with Gasteiger partial charge >= 0.3 is 0 Å². The van der Waals surface area contributed by atoms with E-state index < -0.39 is 0 Å². The Morgan fingerprint density at radius 1 is 1.36 bits per heavy atom. The molecule has 1 spiro atoms. The Bertz CT molecular complexity index is 443. The van der Waals surface area contributed by atoms with Crippen molar-refractivity contribution < 1.29 is 4.74 Å². The standard InChI is InChI=1S/C15H26N4O.2ClH/c1-12-10-17-14(18-12)11-19(2)13-3-8-20-15(9-13)4-6-16-7-5-15;;/h10,13,16H,3-9,11H2,1-2H3,(H,17,18);2*1H. The molecule has 2 N–H and O–H groups in total. The fourth-order valence-corrected chi connectivity index (χ4v) is 3.52. The van der Waals surface area contributed by atoms with Crippen molar-refractivity contribution in [1.82, 2.24) is 20.2 Å². The largest absolute Gasteiger partial charge is 0.375 e. The van der Waals surface area contributed by atoms with Crippen LogP contribution in [0.25, 0.3) is 0 Å². The van der Waals surface area contributed by atoms with Crippen LogP contribution in [0.2, 0.25) is 0 Å². The molecule has 0 aromatic carbocycles. The Balaban J connectivity index is 0.00000121. The van der Waals surface area contributed by atoms with E-state index in [-0.39, 0.29) is 30.4 Å². The molecule has 2 aliphatic rings. The van der Waals surface area contributed by atoms with Gasteiger partial charge in [-0.2, -0.15) is 0 Å². The monoisotopic (exact) mass is 350 g/mol. The maximum atomic E-state index is 6.15. The van der Waals surface area contributed by atoms with E-state index in [1.807, 2.05) is 6.20 Å². The molecule has 2 aliphatic heterocycles. The third kappa shape index (κ3) is 4.59. The van der Waals surface area contributed by atoms with Crippen molar-refractivity contribution in [2.75, 3.05) is 26.7 Å². The van der Waals surface area contributed by atoms with Crippen molar-refractivity contribution in [1.29, 1.82) is 0 Å². The van der Waals surface area contributed by atoms with Crippen molar-refractivity contribution >= 4 is 24.8 Å². The molecule has 1 unspecified atom stereocenters. The highest BCUT2D eigenvalue weighted by Crippen LogP contribution is 2.34. The molecule has 0 radical (unpaired) electrons. The Labute approximate surface area is 145 Å². The van der Waals surface area contributed by atoms with E-state index in [1.165, 1.54) is 0 Å². The molecule has 1 aromatic heterocycles. The molecule has 22 heavy (non-hydrogen) atoms. The number of hydrogen-bond donors (Lipinski definition) is 2. The third-order valence-corrected chi connectivity index (χ3v) is 4.76. The van der Waals surface area contributed by atoms with Gasteiger partial charge in [-0.3, -0.25) is 4.90 Å². The highest BCUT2D eigenvalue weighted by molar-refractivity contribution is 5.85. The van der Waals surface area contributed by atoms with E-state index in [0.717, 1.165) is 63.4 Å². The third-order valence-electron chi connectivity index (χ3n) is 4.76. The number of aryl methyl sites for hydroxylation is 1. The molecule has 3 rings (SSSR count). The Morgan fingerprint density at radius 3 is 2.73 bits per heavy atom. The summed E-state index contributed by atoms with van der Waals surface area (Å²) in [7, 11) is 2.21. The van der Waals surface area contributed by atoms with Crippen molar-refractivity contribution in [3.63, 3.8) is 0 Å². The van der Waals surface area contributed by atoms with Crippen LogP contribution in [0.1, 0.15) is 37.2 Å². The van der Waals surface area contributed by atoms with Gasteiger partial charge in [0.15, 0.2) is 0 Å². The lowest BCUT2D eigenvalue weighted by Crippen LogP contribution is -2.52. The zero-order valence-corrected chi connectivity index (χ0v) is 15.1. The van der Waals surface area contributed by atoms with Crippen LogP contribution in [0.3, 0.4) is 0 Å². The fourth-order valence-electron chi connectivity index (χ4n) is 3.52. The highest BCUT2D eigenvalue weighted by atomic mass is 35.5. The normalized spacial score (nSPS) is 23.9. The summed E-state index contributed by atoms with van der Waals surface area (Å²) in [6.45, 7) is 6.02. The lowest BCUT2D eigenvalue weighted by Gasteiger charge is -2.45. The van der Waals surface area contributed by atoms with Gasteiger partial charge in [0.1, 0.15) is 5.82 Å². The molecule has 0 amide bonds. The van der Waals surface area contributed by atoms with Crippen LogP contribution in [-0.2, 0) is 11.3 Å². The Hall–Kier alpha value is -0.330. The minimum atomic E-state index is 0. The average Bonchev–Trinajstić information content (AvgIpc) is 2.85. The van der Waals surface area contributed by atoms with Gasteiger partial charge in [-0.25, -0.2) is 4.98 Å². The quantitative estimate of drug-likeness (QED) is 0.878. The molecule has 0 aliphatic carbocycles. The lowest BCUT2D eigenvalue weighted by molar-refractivity contribution is -0.119. The van der Waals surface area contributed by atoms with Gasteiger partial charge in [0.25, 0.3) is 0 Å². The zero-order chi connectivity index (χ0) is 14.0. The van der Waals surface area contributed by atoms with Gasteiger partial charge in [-0.15, -0.1) is 24.8 Å². The number of nitrogens with zero attached hydrogens (tertiary/aromatic N) is 2. The second-order valence-corrected chi connectivity index (χ2v) is 6.36. The van der Waals surface area contributed by atoms with Crippen LogP contribution < -0.4 is 5.32 Å². The molecule has 2 fully saturated rings. The highest BCUT2D eigenvalue weighted by Gasteiger charge is 2.39. The molecule has 0 saturated carbocycles. The summed E-state index contributed by atoms with van der Waals surface area (Å²) in [4.78, 5) is 10.2. The first-order valence-corrected chi connectivity index (χ1v) is 7.72. The molecule has 1 atom stereocenters. The molecule has 5 nitrogen and oxygen atoms in total. The predicted molar refractivity (Wildman–Crippen MR) is 93.1 cm³/mol. The van der Waals surface area contributed by atoms with Crippen LogP contribution in [-0.4, -0.2) is 53.3 Å². The van der Waals surface area contributed by atoms with Gasteiger partial charge in [-0.1, -0.05) is 0 Å². The zero-order valence-electron chi connectivity index (χ0n) is 13.4. The number of piperidine rings is 1. The minimum Gasteiger partial charge on any atom is -0.375 e. The van der Waals surface area contributed by atoms with Gasteiger partial charge < -0.3 is 15.0 Å². The van der Waals surface area contributed by atoms with E-state index in [0.29, 0.717) is 6.04 Å². The summed E-state index contributed by atoms with van der Waals surface area (Å²) in [5.74, 6) is 1.07. The molecule has 3 heterocycles. The molecular weight excluding hydrogens is 323 g/mol. The summed E-state index contributed by atoms with van der Waals surface area (Å²) < 4.78 is 6.15. The number of hydrogen-bond acceptors (Lipinski definition) is 4. The van der Waals surface area contributed by atoms with Crippen LogP contribution in [0.15, 0.2) is 6.20 Å². The van der Waals surface area contributed by atoms with Gasteiger partial charge in [0.05, 0.1) is 12.1 Å². The summed E-state index contributed by atoms with van der Waals surface area (Å²) in [5, 5.41) is 3.43. The van der Waals surface area contributed by atoms with Crippen LogP contribution in [0.4, 0.5) is 0 Å². The number of aromatic nitrogens is 2. The summed E-state index contributed by atoms with van der Waals surface area (Å²) >= 11 is 0. The number of aromatic amines is 1. The van der Waals surface area contributed by atoms with E-state index in [9.17, 15) is 0 Å². The van der Waals surface area contributed by atoms with Crippen LogP contribution in [0, 0.1) is 6.92 Å². The number of rotatable bonds is 3. The van der Waals surface area contributed by atoms with E-state index in [4.69, 9.17) is 4.74 Å². The summed E-state index contributed by atoms with van der Waals surface area (Å²) in [5.41, 5.74) is 1.26. The summed E-state index contributed by atoms with van der Waals surface area (Å²) in [6.07, 6.45) is 6.49. The molecule has 2 saturated heterocycles. The average molecular weight is 351 g/mol. The number of halogens is 2. The van der Waals surface area contributed by atoms with E-state index >= 15 is 0 Å². The first-order valence-electron chi connectivity index (χ1n) is 7.72. The molecule has 128 valence electrons. The van der Waals surface area contributed by atoms with Gasteiger partial charge in [0.2, 0.25) is 0 Å². The first-order chi connectivity index (χ1) is 9.67. The smallest absolute Gasteiger partial charge is 0.120 e. The van der Waals surface area contributed by atoms with Crippen molar-refractivity contribution in [3.8, 4) is 0 Å². The number of nitrogens with one attached hydrogen (secondary N) is 2. The fraction of sp³-hybridized carbons (Fsp3) is 0.800.